The maximum atomic E-state index is 9.90. The van der Waals surface area contributed by atoms with Crippen LogP contribution in [0.5, 0.6) is 0 Å². The number of rotatable bonds is 8. The van der Waals surface area contributed by atoms with Gasteiger partial charge >= 0.3 is 0 Å². The summed E-state index contributed by atoms with van der Waals surface area (Å²) in [7, 11) is 0. The number of allylic oxidation sites excluding steroid dienone is 1. The predicted octanol–water partition coefficient (Wildman–Crippen LogP) is 4.06. The number of hydrogen-bond acceptors (Lipinski definition) is 1. The van der Waals surface area contributed by atoms with Gasteiger partial charge < -0.3 is 5.11 Å². The molecule has 2 atom stereocenters. The summed E-state index contributed by atoms with van der Waals surface area (Å²) < 4.78 is 0. The van der Waals surface area contributed by atoms with Crippen molar-refractivity contribution >= 4 is 0 Å². The summed E-state index contributed by atoms with van der Waals surface area (Å²) in [5.74, 6) is 0.459. The number of aliphatic hydroxyl groups excluding tert-OH is 1. The molecule has 0 radical (unpaired) electrons. The molecule has 0 amide bonds. The highest BCUT2D eigenvalue weighted by Crippen LogP contribution is 2.23. The molecule has 0 aliphatic heterocycles. The van der Waals surface area contributed by atoms with Gasteiger partial charge in [0.05, 0.1) is 6.10 Å². The van der Waals surface area contributed by atoms with Crippen molar-refractivity contribution in [2.45, 2.75) is 70.8 Å². The molecule has 0 saturated carbocycles. The predicted molar refractivity (Wildman–Crippen MR) is 65.9 cm³/mol. The molecule has 1 aliphatic carbocycles. The average molecular weight is 210 g/mol. The largest absolute Gasteiger partial charge is 0.393 e. The summed E-state index contributed by atoms with van der Waals surface area (Å²) >= 11 is 0. The number of aliphatic hydroxyl groups is 1. The van der Waals surface area contributed by atoms with Crippen LogP contribution in [0.3, 0.4) is 0 Å². The van der Waals surface area contributed by atoms with Crippen LogP contribution in [0.15, 0.2) is 12.2 Å². The zero-order chi connectivity index (χ0) is 10.9. The monoisotopic (exact) mass is 210 g/mol. The highest BCUT2D eigenvalue weighted by molar-refractivity contribution is 4.98. The highest BCUT2D eigenvalue weighted by Gasteiger charge is 2.17. The van der Waals surface area contributed by atoms with Crippen molar-refractivity contribution in [1.82, 2.24) is 0 Å². The van der Waals surface area contributed by atoms with Crippen molar-refractivity contribution in [3.05, 3.63) is 12.2 Å². The van der Waals surface area contributed by atoms with Gasteiger partial charge in [0, 0.05) is 5.92 Å². The molecule has 0 aromatic heterocycles. The first-order chi connectivity index (χ1) is 7.34. The lowest BCUT2D eigenvalue weighted by molar-refractivity contribution is 0.117. The van der Waals surface area contributed by atoms with Gasteiger partial charge in [0.25, 0.3) is 0 Å². The van der Waals surface area contributed by atoms with Gasteiger partial charge in [-0.1, -0.05) is 57.6 Å². The first kappa shape index (κ1) is 12.8. The summed E-state index contributed by atoms with van der Waals surface area (Å²) in [5, 5.41) is 9.90. The lowest BCUT2D eigenvalue weighted by Crippen LogP contribution is -2.16. The Hall–Kier alpha value is -0.300. The van der Waals surface area contributed by atoms with Gasteiger partial charge in [-0.2, -0.15) is 0 Å². The minimum atomic E-state index is -0.0741. The van der Waals surface area contributed by atoms with E-state index < -0.39 is 0 Å². The van der Waals surface area contributed by atoms with Crippen molar-refractivity contribution in [2.24, 2.45) is 5.92 Å². The van der Waals surface area contributed by atoms with Crippen LogP contribution in [-0.2, 0) is 0 Å². The molecule has 0 bridgehead atoms. The third-order valence-electron chi connectivity index (χ3n) is 3.40. The Bertz CT molecular complexity index is 174. The smallest absolute Gasteiger partial charge is 0.0602 e. The molecular formula is C14H26O. The lowest BCUT2D eigenvalue weighted by Gasteiger charge is -2.15. The quantitative estimate of drug-likeness (QED) is 0.473. The maximum absolute atomic E-state index is 9.90. The fraction of sp³-hybridized carbons (Fsp3) is 0.857. The van der Waals surface area contributed by atoms with E-state index in [4.69, 9.17) is 0 Å². The van der Waals surface area contributed by atoms with Crippen LogP contribution in [0.1, 0.15) is 64.7 Å². The molecule has 1 N–H and O–H groups in total. The summed E-state index contributed by atoms with van der Waals surface area (Å²) in [6.07, 6.45) is 15.6. The van der Waals surface area contributed by atoms with Gasteiger partial charge in [-0.15, -0.1) is 0 Å². The van der Waals surface area contributed by atoms with Crippen LogP contribution in [0.4, 0.5) is 0 Å². The van der Waals surface area contributed by atoms with E-state index in [9.17, 15) is 5.11 Å². The Morgan fingerprint density at radius 2 is 1.93 bits per heavy atom. The van der Waals surface area contributed by atoms with Crippen molar-refractivity contribution < 1.29 is 5.11 Å². The molecule has 1 nitrogen and oxygen atoms in total. The second-order valence-electron chi connectivity index (χ2n) is 4.79. The van der Waals surface area contributed by atoms with Gasteiger partial charge in [-0.05, 0) is 19.3 Å². The summed E-state index contributed by atoms with van der Waals surface area (Å²) in [5.41, 5.74) is 0. The molecule has 0 aromatic carbocycles. The van der Waals surface area contributed by atoms with E-state index in [1.807, 2.05) is 0 Å². The normalized spacial score (nSPS) is 22.1. The standard InChI is InChI=1S/C14H26O/c1-2-3-4-5-6-7-12-14(15)13-10-8-9-11-13/h8,10,13-15H,2-7,9,11-12H2,1H3. The molecule has 0 saturated heterocycles. The van der Waals surface area contributed by atoms with E-state index in [2.05, 4.69) is 19.1 Å². The van der Waals surface area contributed by atoms with E-state index in [0.29, 0.717) is 5.92 Å². The van der Waals surface area contributed by atoms with Gasteiger partial charge in [0.1, 0.15) is 0 Å². The summed E-state index contributed by atoms with van der Waals surface area (Å²) in [6, 6.07) is 0. The Morgan fingerprint density at radius 1 is 1.20 bits per heavy atom. The van der Waals surface area contributed by atoms with Crippen LogP contribution in [0.25, 0.3) is 0 Å². The molecular weight excluding hydrogens is 184 g/mol. The number of unbranched alkanes of at least 4 members (excludes halogenated alkanes) is 5. The fourth-order valence-electron chi connectivity index (χ4n) is 2.32. The molecule has 1 rings (SSSR count). The topological polar surface area (TPSA) is 20.2 Å². The van der Waals surface area contributed by atoms with E-state index >= 15 is 0 Å². The van der Waals surface area contributed by atoms with Gasteiger partial charge in [0.2, 0.25) is 0 Å². The number of hydrogen-bond donors (Lipinski definition) is 1. The van der Waals surface area contributed by atoms with E-state index in [-0.39, 0.29) is 6.10 Å². The van der Waals surface area contributed by atoms with Crippen LogP contribution in [0.2, 0.25) is 0 Å². The molecule has 15 heavy (non-hydrogen) atoms. The van der Waals surface area contributed by atoms with Gasteiger partial charge in [-0.3, -0.25) is 0 Å². The molecule has 0 aromatic rings. The van der Waals surface area contributed by atoms with Crippen LogP contribution >= 0.6 is 0 Å². The van der Waals surface area contributed by atoms with Crippen LogP contribution in [0, 0.1) is 5.92 Å². The lowest BCUT2D eigenvalue weighted by atomic mass is 9.96. The molecule has 2 unspecified atom stereocenters. The third-order valence-corrected chi connectivity index (χ3v) is 3.40. The van der Waals surface area contributed by atoms with Gasteiger partial charge in [-0.25, -0.2) is 0 Å². The van der Waals surface area contributed by atoms with Crippen molar-refractivity contribution in [1.29, 1.82) is 0 Å². The second-order valence-corrected chi connectivity index (χ2v) is 4.79. The van der Waals surface area contributed by atoms with E-state index in [0.717, 1.165) is 19.3 Å². The van der Waals surface area contributed by atoms with Crippen LogP contribution in [-0.4, -0.2) is 11.2 Å². The van der Waals surface area contributed by atoms with Crippen molar-refractivity contribution in [2.75, 3.05) is 0 Å². The fourth-order valence-corrected chi connectivity index (χ4v) is 2.32. The Morgan fingerprint density at radius 3 is 2.60 bits per heavy atom. The second kappa shape index (κ2) is 7.92. The first-order valence-electron chi connectivity index (χ1n) is 6.69. The molecule has 0 fully saturated rings. The minimum Gasteiger partial charge on any atom is -0.393 e. The minimum absolute atomic E-state index is 0.0741. The van der Waals surface area contributed by atoms with Crippen LogP contribution < -0.4 is 0 Å². The zero-order valence-corrected chi connectivity index (χ0v) is 10.1. The van der Waals surface area contributed by atoms with Gasteiger partial charge in [0.15, 0.2) is 0 Å². The van der Waals surface area contributed by atoms with Crippen molar-refractivity contribution in [3.63, 3.8) is 0 Å². The highest BCUT2D eigenvalue weighted by atomic mass is 16.3. The Labute approximate surface area is 94.6 Å². The maximum Gasteiger partial charge on any atom is 0.0602 e. The Balaban J connectivity index is 1.92. The molecule has 1 aliphatic rings. The van der Waals surface area contributed by atoms with Crippen molar-refractivity contribution in [3.8, 4) is 0 Å². The zero-order valence-electron chi connectivity index (χ0n) is 10.1. The molecule has 88 valence electrons. The summed E-state index contributed by atoms with van der Waals surface area (Å²) in [4.78, 5) is 0. The molecule has 0 heterocycles. The Kier molecular flexibility index (Phi) is 6.74. The SMILES string of the molecule is CCCCCCCCC(O)C1C=CCC1. The third kappa shape index (κ3) is 5.36. The molecule has 1 heteroatoms. The van der Waals surface area contributed by atoms with E-state index in [1.54, 1.807) is 0 Å². The summed E-state index contributed by atoms with van der Waals surface area (Å²) in [6.45, 7) is 2.25. The average Bonchev–Trinajstić information content (AvgIpc) is 2.76. The first-order valence-corrected chi connectivity index (χ1v) is 6.69. The molecule has 0 spiro atoms. The van der Waals surface area contributed by atoms with E-state index in [1.165, 1.54) is 38.5 Å².